The van der Waals surface area contributed by atoms with Crippen molar-refractivity contribution < 1.29 is 4.79 Å². The first-order valence-corrected chi connectivity index (χ1v) is 9.63. The van der Waals surface area contributed by atoms with Crippen LogP contribution in [0.3, 0.4) is 0 Å². The van der Waals surface area contributed by atoms with Crippen molar-refractivity contribution in [3.05, 3.63) is 69.5 Å². The van der Waals surface area contributed by atoms with Crippen LogP contribution in [0.4, 0.5) is 11.4 Å². The molecule has 0 aliphatic carbocycles. The number of pyridine rings is 1. The van der Waals surface area contributed by atoms with E-state index in [1.165, 1.54) is 22.0 Å². The smallest absolute Gasteiger partial charge is 0.259 e. The monoisotopic (exact) mass is 390 g/mol. The van der Waals surface area contributed by atoms with Gasteiger partial charge >= 0.3 is 0 Å². The van der Waals surface area contributed by atoms with Gasteiger partial charge in [0, 0.05) is 44.3 Å². The number of carbonyl (C=O) groups is 1. The van der Waals surface area contributed by atoms with Gasteiger partial charge in [0.05, 0.1) is 16.9 Å². The normalized spacial score (nSPS) is 13.2. The van der Waals surface area contributed by atoms with Crippen LogP contribution in [0.2, 0.25) is 0 Å². The summed E-state index contributed by atoms with van der Waals surface area (Å²) in [6, 6.07) is 14.9. The summed E-state index contributed by atoms with van der Waals surface area (Å²) in [5, 5.41) is 9.08. The lowest BCUT2D eigenvalue weighted by Gasteiger charge is -2.36. The lowest BCUT2D eigenvalue weighted by atomic mass is 10.1. The van der Waals surface area contributed by atoms with Crippen LogP contribution in [-0.4, -0.2) is 30.6 Å². The van der Waals surface area contributed by atoms with E-state index in [1.54, 1.807) is 30.3 Å². The first-order valence-electron chi connectivity index (χ1n) is 8.82. The van der Waals surface area contributed by atoms with Crippen molar-refractivity contribution in [1.82, 2.24) is 4.57 Å². The Morgan fingerprint density at radius 3 is 2.61 bits per heavy atom. The molecule has 140 valence electrons. The first-order chi connectivity index (χ1) is 13.5. The van der Waals surface area contributed by atoms with Gasteiger partial charge in [0.25, 0.3) is 5.91 Å². The Bertz CT molecular complexity index is 1170. The number of rotatable bonds is 2. The minimum atomic E-state index is -0.149. The molecule has 28 heavy (non-hydrogen) atoms. The predicted molar refractivity (Wildman–Crippen MR) is 111 cm³/mol. The van der Waals surface area contributed by atoms with Crippen molar-refractivity contribution >= 4 is 28.6 Å². The molecule has 0 radical (unpaired) electrons. The Morgan fingerprint density at radius 1 is 1.07 bits per heavy atom. The highest BCUT2D eigenvalue weighted by molar-refractivity contribution is 7.16. The van der Waals surface area contributed by atoms with Crippen LogP contribution < -0.4 is 15.4 Å². The van der Waals surface area contributed by atoms with E-state index in [2.05, 4.69) is 11.0 Å². The molecule has 6 nitrogen and oxygen atoms in total. The Balaban J connectivity index is 1.77. The van der Waals surface area contributed by atoms with Gasteiger partial charge in [-0.3, -0.25) is 9.59 Å². The Morgan fingerprint density at radius 2 is 1.89 bits per heavy atom. The number of likely N-dealkylation sites (N-methyl/N-ethyl adjacent to an activating group) is 1. The van der Waals surface area contributed by atoms with E-state index < -0.39 is 0 Å². The molecule has 1 aliphatic heterocycles. The van der Waals surface area contributed by atoms with Gasteiger partial charge in [-0.2, -0.15) is 5.26 Å². The molecule has 1 aliphatic rings. The van der Waals surface area contributed by atoms with Crippen molar-refractivity contribution in [3.63, 3.8) is 0 Å². The average Bonchev–Trinajstić information content (AvgIpc) is 3.19. The molecule has 0 unspecified atom stereocenters. The molecule has 1 amide bonds. The van der Waals surface area contributed by atoms with Gasteiger partial charge in [0.15, 0.2) is 0 Å². The van der Waals surface area contributed by atoms with Crippen LogP contribution in [0.15, 0.2) is 53.5 Å². The van der Waals surface area contributed by atoms with E-state index in [-0.39, 0.29) is 11.5 Å². The zero-order chi connectivity index (χ0) is 19.8. The molecular weight excluding hydrogens is 372 g/mol. The Kier molecular flexibility index (Phi) is 4.49. The number of fused-ring (bicyclic) bond motifs is 1. The third-order valence-electron chi connectivity index (χ3n) is 4.92. The van der Waals surface area contributed by atoms with Crippen LogP contribution in [0.5, 0.6) is 0 Å². The quantitative estimate of drug-likeness (QED) is 0.674. The summed E-state index contributed by atoms with van der Waals surface area (Å²) >= 11 is 1.43. The third-order valence-corrected chi connectivity index (χ3v) is 5.95. The highest BCUT2D eigenvalue weighted by atomic mass is 32.1. The molecule has 0 atom stereocenters. The van der Waals surface area contributed by atoms with Crippen LogP contribution in [0, 0.1) is 11.3 Å². The molecule has 0 bridgehead atoms. The number of benzene rings is 1. The Hall–Kier alpha value is -3.37. The largest absolute Gasteiger partial charge is 0.371 e. The van der Waals surface area contributed by atoms with Gasteiger partial charge in [-0.1, -0.05) is 6.07 Å². The maximum atomic E-state index is 13.2. The summed E-state index contributed by atoms with van der Waals surface area (Å²) < 4.78 is 1.41. The number of anilines is 2. The summed E-state index contributed by atoms with van der Waals surface area (Å²) in [5.74, 6) is -0.133. The zero-order valence-electron chi connectivity index (χ0n) is 15.5. The number of amides is 1. The topological polar surface area (TPSA) is 69.3 Å². The summed E-state index contributed by atoms with van der Waals surface area (Å²) in [6.45, 7) is 1.28. The number of nitriles is 1. The Labute approximate surface area is 166 Å². The van der Waals surface area contributed by atoms with Gasteiger partial charge in [-0.25, -0.2) is 0 Å². The van der Waals surface area contributed by atoms with Gasteiger partial charge < -0.3 is 14.4 Å². The molecule has 3 aromatic rings. The van der Waals surface area contributed by atoms with Gasteiger partial charge in [0.2, 0.25) is 5.56 Å². The highest BCUT2D eigenvalue weighted by Crippen LogP contribution is 2.38. The van der Waals surface area contributed by atoms with Crippen molar-refractivity contribution in [1.29, 1.82) is 5.26 Å². The van der Waals surface area contributed by atoms with Gasteiger partial charge in [-0.15, -0.1) is 11.3 Å². The molecule has 3 heterocycles. The highest BCUT2D eigenvalue weighted by Gasteiger charge is 2.27. The standard InChI is InChI=1S/C21H18N4O2S/c1-23-9-10-25(21(27)15-4-8-20(26)24(2)13-15)18-11-14(3-6-17(18)23)19-7-5-16(12-22)28-19/h3-8,11,13H,9-10H2,1-2H3. The van der Waals surface area contributed by atoms with E-state index in [1.807, 2.05) is 31.3 Å². The van der Waals surface area contributed by atoms with Crippen molar-refractivity contribution in [3.8, 4) is 16.5 Å². The molecule has 4 rings (SSSR count). The van der Waals surface area contributed by atoms with E-state index in [0.29, 0.717) is 17.0 Å². The van der Waals surface area contributed by atoms with E-state index in [9.17, 15) is 9.59 Å². The van der Waals surface area contributed by atoms with Crippen LogP contribution in [0.1, 0.15) is 15.2 Å². The second kappa shape index (κ2) is 6.98. The van der Waals surface area contributed by atoms with Gasteiger partial charge in [-0.05, 0) is 35.9 Å². The number of thiophene rings is 1. The van der Waals surface area contributed by atoms with Crippen LogP contribution >= 0.6 is 11.3 Å². The fourth-order valence-corrected chi connectivity index (χ4v) is 4.15. The van der Waals surface area contributed by atoms with E-state index in [4.69, 9.17) is 5.26 Å². The number of carbonyl (C=O) groups excluding carboxylic acids is 1. The summed E-state index contributed by atoms with van der Waals surface area (Å²) in [6.07, 6.45) is 1.57. The summed E-state index contributed by atoms with van der Waals surface area (Å²) in [4.78, 5) is 30.4. The average molecular weight is 390 g/mol. The van der Waals surface area contributed by atoms with Crippen LogP contribution in [0.25, 0.3) is 10.4 Å². The lowest BCUT2D eigenvalue weighted by molar-refractivity contribution is 0.0986. The maximum absolute atomic E-state index is 13.2. The molecular formula is C21H18N4O2S. The van der Waals surface area contributed by atoms with E-state index >= 15 is 0 Å². The zero-order valence-corrected chi connectivity index (χ0v) is 16.4. The molecule has 2 aromatic heterocycles. The molecule has 0 saturated heterocycles. The maximum Gasteiger partial charge on any atom is 0.259 e. The first kappa shape index (κ1) is 18.0. The lowest BCUT2D eigenvalue weighted by Crippen LogP contribution is -2.43. The van der Waals surface area contributed by atoms with Crippen molar-refractivity contribution in [2.75, 3.05) is 29.9 Å². The summed E-state index contributed by atoms with van der Waals surface area (Å²) in [7, 11) is 3.64. The van der Waals surface area contributed by atoms with Gasteiger partial charge in [0.1, 0.15) is 10.9 Å². The number of hydrogen-bond donors (Lipinski definition) is 0. The molecule has 0 fully saturated rings. The minimum absolute atomic E-state index is 0.133. The molecule has 0 N–H and O–H groups in total. The second-order valence-electron chi connectivity index (χ2n) is 6.72. The molecule has 0 spiro atoms. The number of nitrogens with zero attached hydrogens (tertiary/aromatic N) is 4. The second-order valence-corrected chi connectivity index (χ2v) is 7.81. The van der Waals surface area contributed by atoms with Crippen molar-refractivity contribution in [2.45, 2.75) is 0 Å². The summed E-state index contributed by atoms with van der Waals surface area (Å²) in [5.41, 5.74) is 3.11. The third kappa shape index (κ3) is 3.08. The fourth-order valence-electron chi connectivity index (χ4n) is 3.35. The van der Waals surface area contributed by atoms with Crippen LogP contribution in [-0.2, 0) is 7.05 Å². The minimum Gasteiger partial charge on any atom is -0.371 e. The number of hydrogen-bond acceptors (Lipinski definition) is 5. The number of aromatic nitrogens is 1. The fraction of sp³-hybridized carbons (Fsp3) is 0.190. The molecule has 0 saturated carbocycles. The van der Waals surface area contributed by atoms with E-state index in [0.717, 1.165) is 28.4 Å². The SMILES string of the molecule is CN1CCN(C(=O)c2ccc(=O)n(C)c2)c2cc(-c3ccc(C#N)s3)ccc21. The predicted octanol–water partition coefficient (Wildman–Crippen LogP) is 3.08. The van der Waals surface area contributed by atoms with Crippen molar-refractivity contribution in [2.24, 2.45) is 7.05 Å². The molecule has 7 heteroatoms. The number of aryl methyl sites for hydroxylation is 1. The molecule has 1 aromatic carbocycles.